The summed E-state index contributed by atoms with van der Waals surface area (Å²) in [5, 5.41) is 0.171. The number of ether oxygens (including phenoxy) is 1. The van der Waals surface area contributed by atoms with E-state index in [9.17, 15) is 8.42 Å². The van der Waals surface area contributed by atoms with Crippen LogP contribution in [0, 0.1) is 6.92 Å². The van der Waals surface area contributed by atoms with Crippen LogP contribution in [0.4, 0.5) is 5.69 Å². The van der Waals surface area contributed by atoms with E-state index >= 15 is 0 Å². The minimum Gasteiger partial charge on any atom is -0.398 e. The summed E-state index contributed by atoms with van der Waals surface area (Å²) in [6.07, 6.45) is 2.76. The molecule has 3 N–H and O–H groups in total. The van der Waals surface area contributed by atoms with Gasteiger partial charge in [-0.15, -0.1) is 0 Å². The van der Waals surface area contributed by atoms with E-state index in [1.807, 2.05) is 0 Å². The molecule has 1 aromatic rings. The lowest BCUT2D eigenvalue weighted by atomic mass is 9.80. The SMILES string of the molecule is COC1(CNS(=O)(=O)c2cc(N)c(C)cc2Cl)CCC1. The van der Waals surface area contributed by atoms with E-state index < -0.39 is 10.0 Å². The second-order valence-electron chi connectivity index (χ2n) is 5.20. The highest BCUT2D eigenvalue weighted by molar-refractivity contribution is 7.89. The summed E-state index contributed by atoms with van der Waals surface area (Å²) in [5.74, 6) is 0. The number of sulfonamides is 1. The summed E-state index contributed by atoms with van der Waals surface area (Å²) >= 11 is 6.01. The van der Waals surface area contributed by atoms with Crippen LogP contribution in [0.25, 0.3) is 0 Å². The first-order valence-corrected chi connectivity index (χ1v) is 8.26. The normalized spacial score (nSPS) is 17.8. The van der Waals surface area contributed by atoms with Crippen molar-refractivity contribution in [2.45, 2.75) is 36.7 Å². The lowest BCUT2D eigenvalue weighted by molar-refractivity contribution is -0.0659. The zero-order chi connectivity index (χ0) is 15.0. The standard InChI is InChI=1S/C13H19ClN2O3S/c1-9-6-10(14)12(7-11(9)15)20(17,18)16-8-13(19-2)4-3-5-13/h6-7,16H,3-5,8,15H2,1-2H3. The number of hydrogen-bond donors (Lipinski definition) is 2. The van der Waals surface area contributed by atoms with Gasteiger partial charge < -0.3 is 10.5 Å². The van der Waals surface area contributed by atoms with Crippen molar-refractivity contribution in [1.82, 2.24) is 4.72 Å². The number of hydrogen-bond acceptors (Lipinski definition) is 4. The third-order valence-electron chi connectivity index (χ3n) is 3.89. The third kappa shape index (κ3) is 2.93. The highest BCUT2D eigenvalue weighted by Gasteiger charge is 2.38. The monoisotopic (exact) mass is 318 g/mol. The molecule has 7 heteroatoms. The molecule has 1 aliphatic carbocycles. The fourth-order valence-electron chi connectivity index (χ4n) is 2.20. The molecule has 0 unspecified atom stereocenters. The van der Waals surface area contributed by atoms with Gasteiger partial charge in [0.05, 0.1) is 10.6 Å². The quantitative estimate of drug-likeness (QED) is 0.814. The molecule has 20 heavy (non-hydrogen) atoms. The molecule has 5 nitrogen and oxygen atoms in total. The predicted molar refractivity (Wildman–Crippen MR) is 79.4 cm³/mol. The zero-order valence-electron chi connectivity index (χ0n) is 11.6. The van der Waals surface area contributed by atoms with Gasteiger partial charge in [-0.2, -0.15) is 0 Å². The molecule has 0 radical (unpaired) electrons. The highest BCUT2D eigenvalue weighted by Crippen LogP contribution is 2.35. The summed E-state index contributed by atoms with van der Waals surface area (Å²) in [7, 11) is -2.09. The number of benzene rings is 1. The van der Waals surface area contributed by atoms with E-state index in [0.29, 0.717) is 5.69 Å². The molecule has 0 saturated heterocycles. The third-order valence-corrected chi connectivity index (χ3v) is 5.76. The molecule has 1 saturated carbocycles. The minimum absolute atomic E-state index is 0.00726. The minimum atomic E-state index is -3.69. The second-order valence-corrected chi connectivity index (χ2v) is 7.35. The Bertz CT molecular complexity index is 607. The molecule has 112 valence electrons. The van der Waals surface area contributed by atoms with Crippen LogP contribution < -0.4 is 10.5 Å². The van der Waals surface area contributed by atoms with Gasteiger partial charge in [0.25, 0.3) is 0 Å². The van der Waals surface area contributed by atoms with Crippen LogP contribution in [0.1, 0.15) is 24.8 Å². The summed E-state index contributed by atoms with van der Waals surface area (Å²) < 4.78 is 32.6. The molecule has 1 aromatic carbocycles. The van der Waals surface area contributed by atoms with Crippen molar-refractivity contribution in [3.63, 3.8) is 0 Å². The van der Waals surface area contributed by atoms with Gasteiger partial charge in [-0.3, -0.25) is 0 Å². The van der Waals surface area contributed by atoms with Gasteiger partial charge in [-0.25, -0.2) is 13.1 Å². The van der Waals surface area contributed by atoms with Gasteiger partial charge in [0.15, 0.2) is 0 Å². The average molecular weight is 319 g/mol. The van der Waals surface area contributed by atoms with E-state index in [0.717, 1.165) is 24.8 Å². The number of aryl methyl sites for hydroxylation is 1. The van der Waals surface area contributed by atoms with Crippen molar-refractivity contribution >= 4 is 27.3 Å². The zero-order valence-corrected chi connectivity index (χ0v) is 13.1. The van der Waals surface area contributed by atoms with Crippen LogP contribution in [0.5, 0.6) is 0 Å². The molecular weight excluding hydrogens is 300 g/mol. The first kappa shape index (κ1) is 15.6. The molecule has 0 amide bonds. The molecule has 0 spiro atoms. The van der Waals surface area contributed by atoms with E-state index in [4.69, 9.17) is 22.1 Å². The maximum absolute atomic E-state index is 12.3. The molecule has 0 aromatic heterocycles. The fourth-order valence-corrected chi connectivity index (χ4v) is 3.93. The van der Waals surface area contributed by atoms with Crippen LogP contribution in [0.15, 0.2) is 17.0 Å². The molecular formula is C13H19ClN2O3S. The van der Waals surface area contributed by atoms with Crippen molar-refractivity contribution < 1.29 is 13.2 Å². The van der Waals surface area contributed by atoms with Crippen LogP contribution in [-0.2, 0) is 14.8 Å². The van der Waals surface area contributed by atoms with Gasteiger partial charge >= 0.3 is 0 Å². The van der Waals surface area contributed by atoms with Gasteiger partial charge in [0.2, 0.25) is 10.0 Å². The first-order chi connectivity index (χ1) is 9.30. The second kappa shape index (κ2) is 5.52. The summed E-state index contributed by atoms with van der Waals surface area (Å²) in [5.41, 5.74) is 6.53. The van der Waals surface area contributed by atoms with Gasteiger partial charge in [0.1, 0.15) is 4.90 Å². The van der Waals surface area contributed by atoms with E-state index in [1.54, 1.807) is 20.1 Å². The Morgan fingerprint density at radius 2 is 2.10 bits per heavy atom. The topological polar surface area (TPSA) is 81.4 Å². The van der Waals surface area contributed by atoms with Crippen LogP contribution in [0.2, 0.25) is 5.02 Å². The Morgan fingerprint density at radius 1 is 1.45 bits per heavy atom. The van der Waals surface area contributed by atoms with E-state index in [1.165, 1.54) is 6.07 Å². The Kier molecular flexibility index (Phi) is 4.30. The van der Waals surface area contributed by atoms with Crippen LogP contribution >= 0.6 is 11.6 Å². The number of nitrogens with two attached hydrogens (primary N) is 1. The molecule has 1 aliphatic rings. The molecule has 1 fully saturated rings. The van der Waals surface area contributed by atoms with Gasteiger partial charge in [-0.05, 0) is 43.9 Å². The van der Waals surface area contributed by atoms with Crippen molar-refractivity contribution in [1.29, 1.82) is 0 Å². The van der Waals surface area contributed by atoms with Crippen molar-refractivity contribution in [2.75, 3.05) is 19.4 Å². The summed E-state index contributed by atoms with van der Waals surface area (Å²) in [4.78, 5) is 0.00726. The van der Waals surface area contributed by atoms with Crippen molar-refractivity contribution in [2.24, 2.45) is 0 Å². The number of nitrogens with one attached hydrogen (secondary N) is 1. The lowest BCUT2D eigenvalue weighted by Crippen LogP contribution is -2.49. The molecule has 0 bridgehead atoms. The lowest BCUT2D eigenvalue weighted by Gasteiger charge is -2.40. The number of methoxy groups -OCH3 is 1. The maximum atomic E-state index is 12.3. The number of anilines is 1. The summed E-state index contributed by atoms with van der Waals surface area (Å²) in [6.45, 7) is 2.02. The highest BCUT2D eigenvalue weighted by atomic mass is 35.5. The average Bonchev–Trinajstić information content (AvgIpc) is 2.32. The first-order valence-electron chi connectivity index (χ1n) is 6.40. The fraction of sp³-hybridized carbons (Fsp3) is 0.538. The molecule has 0 heterocycles. The Labute approximate surface area is 124 Å². The molecule has 2 rings (SSSR count). The Balaban J connectivity index is 2.20. The van der Waals surface area contributed by atoms with E-state index in [2.05, 4.69) is 4.72 Å². The number of nitrogen functional groups attached to an aromatic ring is 1. The number of rotatable bonds is 5. The van der Waals surface area contributed by atoms with Crippen molar-refractivity contribution in [3.05, 3.63) is 22.7 Å². The van der Waals surface area contributed by atoms with Crippen molar-refractivity contribution in [3.8, 4) is 0 Å². The van der Waals surface area contributed by atoms with Gasteiger partial charge in [-0.1, -0.05) is 11.6 Å². The van der Waals surface area contributed by atoms with Crippen LogP contribution in [-0.4, -0.2) is 27.7 Å². The van der Waals surface area contributed by atoms with Gasteiger partial charge in [0, 0.05) is 19.3 Å². The largest absolute Gasteiger partial charge is 0.398 e. The number of halogens is 1. The van der Waals surface area contributed by atoms with Crippen LogP contribution in [0.3, 0.4) is 0 Å². The Morgan fingerprint density at radius 3 is 2.60 bits per heavy atom. The Hall–Kier alpha value is -0.820. The maximum Gasteiger partial charge on any atom is 0.242 e. The van der Waals surface area contributed by atoms with E-state index in [-0.39, 0.29) is 22.1 Å². The molecule has 0 aliphatic heterocycles. The smallest absolute Gasteiger partial charge is 0.242 e. The predicted octanol–water partition coefficient (Wildman–Crippen LogP) is 2.08. The summed E-state index contributed by atoms with van der Waals surface area (Å²) in [6, 6.07) is 2.95. The molecule has 0 atom stereocenters.